The van der Waals surface area contributed by atoms with Crippen molar-refractivity contribution in [3.8, 4) is 0 Å². The van der Waals surface area contributed by atoms with Crippen molar-refractivity contribution in [1.82, 2.24) is 20.4 Å². The summed E-state index contributed by atoms with van der Waals surface area (Å²) in [5.41, 5.74) is 4.43. The molecule has 0 spiro atoms. The van der Waals surface area contributed by atoms with Crippen LogP contribution in [0.5, 0.6) is 0 Å². The lowest BCUT2D eigenvalue weighted by Gasteiger charge is -2.13. The number of aromatic nitrogens is 2. The van der Waals surface area contributed by atoms with Gasteiger partial charge in [-0.15, -0.1) is 0 Å². The highest BCUT2D eigenvalue weighted by Gasteiger charge is 2.09. The van der Waals surface area contributed by atoms with E-state index in [0.29, 0.717) is 13.1 Å². The summed E-state index contributed by atoms with van der Waals surface area (Å²) in [6.07, 6.45) is 0. The van der Waals surface area contributed by atoms with E-state index in [9.17, 15) is 0 Å². The first-order chi connectivity index (χ1) is 10.5. The fraction of sp³-hybridized carbons (Fsp3) is 0.375. The fourth-order valence-electron chi connectivity index (χ4n) is 2.29. The SMILES string of the molecule is CN=C(NCc1ccccc1Cl)NCc1c(C)nn(C)c1C. The average molecular weight is 320 g/mol. The molecule has 0 fully saturated rings. The molecular formula is C16H22ClN5. The van der Waals surface area contributed by atoms with Crippen molar-refractivity contribution in [3.63, 3.8) is 0 Å². The summed E-state index contributed by atoms with van der Waals surface area (Å²) in [6.45, 7) is 5.40. The molecule has 1 aromatic heterocycles. The van der Waals surface area contributed by atoms with Crippen molar-refractivity contribution in [2.75, 3.05) is 7.05 Å². The van der Waals surface area contributed by atoms with E-state index in [1.165, 1.54) is 5.56 Å². The number of aliphatic imine (C=N–C) groups is 1. The number of hydrogen-bond donors (Lipinski definition) is 2. The van der Waals surface area contributed by atoms with Gasteiger partial charge in [-0.2, -0.15) is 5.10 Å². The first-order valence-electron chi connectivity index (χ1n) is 7.20. The minimum absolute atomic E-state index is 0.629. The van der Waals surface area contributed by atoms with Crippen LogP contribution in [0.15, 0.2) is 29.3 Å². The zero-order valence-electron chi connectivity index (χ0n) is 13.4. The van der Waals surface area contributed by atoms with E-state index >= 15 is 0 Å². The van der Waals surface area contributed by atoms with Crippen LogP contribution in [0, 0.1) is 13.8 Å². The van der Waals surface area contributed by atoms with Crippen LogP contribution in [0.1, 0.15) is 22.5 Å². The van der Waals surface area contributed by atoms with Crippen LogP contribution in [0.3, 0.4) is 0 Å². The Labute approximate surface area is 136 Å². The molecule has 2 rings (SSSR count). The zero-order valence-corrected chi connectivity index (χ0v) is 14.2. The lowest BCUT2D eigenvalue weighted by atomic mass is 10.2. The van der Waals surface area contributed by atoms with E-state index < -0.39 is 0 Å². The van der Waals surface area contributed by atoms with Crippen molar-refractivity contribution >= 4 is 17.6 Å². The van der Waals surface area contributed by atoms with Gasteiger partial charge in [-0.25, -0.2) is 0 Å². The van der Waals surface area contributed by atoms with E-state index in [1.54, 1.807) is 7.05 Å². The van der Waals surface area contributed by atoms with Gasteiger partial charge >= 0.3 is 0 Å². The van der Waals surface area contributed by atoms with Gasteiger partial charge in [0.2, 0.25) is 0 Å². The first-order valence-corrected chi connectivity index (χ1v) is 7.57. The maximum atomic E-state index is 6.16. The number of hydrogen-bond acceptors (Lipinski definition) is 2. The number of aryl methyl sites for hydroxylation is 2. The van der Waals surface area contributed by atoms with Crippen LogP contribution in [0.2, 0.25) is 5.02 Å². The van der Waals surface area contributed by atoms with Crippen molar-refractivity contribution in [3.05, 3.63) is 51.8 Å². The maximum Gasteiger partial charge on any atom is 0.191 e. The van der Waals surface area contributed by atoms with Gasteiger partial charge in [-0.3, -0.25) is 9.67 Å². The molecule has 0 bridgehead atoms. The van der Waals surface area contributed by atoms with Crippen molar-refractivity contribution in [2.24, 2.45) is 12.0 Å². The topological polar surface area (TPSA) is 54.2 Å². The molecule has 22 heavy (non-hydrogen) atoms. The third kappa shape index (κ3) is 3.80. The highest BCUT2D eigenvalue weighted by Crippen LogP contribution is 2.14. The molecule has 0 radical (unpaired) electrons. The second-order valence-electron chi connectivity index (χ2n) is 5.14. The molecule has 6 heteroatoms. The molecule has 0 saturated heterocycles. The Hall–Kier alpha value is -2.01. The summed E-state index contributed by atoms with van der Waals surface area (Å²) in [5.74, 6) is 0.738. The van der Waals surface area contributed by atoms with Crippen LogP contribution in [0.25, 0.3) is 0 Å². The summed E-state index contributed by atoms with van der Waals surface area (Å²) >= 11 is 6.16. The number of benzene rings is 1. The van der Waals surface area contributed by atoms with E-state index in [4.69, 9.17) is 11.6 Å². The lowest BCUT2D eigenvalue weighted by molar-refractivity contribution is 0.728. The van der Waals surface area contributed by atoms with E-state index in [1.807, 2.05) is 42.9 Å². The maximum absolute atomic E-state index is 6.16. The zero-order chi connectivity index (χ0) is 16.1. The van der Waals surface area contributed by atoms with Crippen LogP contribution in [0.4, 0.5) is 0 Å². The van der Waals surface area contributed by atoms with Gasteiger partial charge < -0.3 is 10.6 Å². The smallest absolute Gasteiger partial charge is 0.191 e. The summed E-state index contributed by atoms with van der Waals surface area (Å²) < 4.78 is 1.90. The Morgan fingerprint density at radius 1 is 1.23 bits per heavy atom. The fourth-order valence-corrected chi connectivity index (χ4v) is 2.49. The Morgan fingerprint density at radius 2 is 1.91 bits per heavy atom. The Morgan fingerprint density at radius 3 is 2.50 bits per heavy atom. The van der Waals surface area contributed by atoms with E-state index in [0.717, 1.165) is 27.9 Å². The summed E-state index contributed by atoms with van der Waals surface area (Å²) in [5, 5.41) is 11.8. The van der Waals surface area contributed by atoms with Crippen molar-refractivity contribution in [1.29, 1.82) is 0 Å². The van der Waals surface area contributed by atoms with E-state index in [-0.39, 0.29) is 0 Å². The van der Waals surface area contributed by atoms with Gasteiger partial charge in [0.15, 0.2) is 5.96 Å². The molecule has 2 N–H and O–H groups in total. The highest BCUT2D eigenvalue weighted by atomic mass is 35.5. The monoisotopic (exact) mass is 319 g/mol. The molecule has 5 nitrogen and oxygen atoms in total. The molecule has 1 aromatic carbocycles. The van der Waals surface area contributed by atoms with Crippen molar-refractivity contribution < 1.29 is 0 Å². The standard InChI is InChI=1S/C16H22ClN5/c1-11-14(12(2)22(4)21-11)10-20-16(18-3)19-9-13-7-5-6-8-15(13)17/h5-8H,9-10H2,1-4H3,(H2,18,19,20). The lowest BCUT2D eigenvalue weighted by Crippen LogP contribution is -2.36. The molecule has 118 valence electrons. The van der Waals surface area contributed by atoms with Gasteiger partial charge in [0, 0.05) is 43.5 Å². The Bertz CT molecular complexity index is 675. The third-order valence-corrected chi connectivity index (χ3v) is 4.09. The van der Waals surface area contributed by atoms with Gasteiger partial charge in [-0.05, 0) is 25.5 Å². The quantitative estimate of drug-likeness (QED) is 0.672. The second kappa shape index (κ2) is 7.31. The molecule has 2 aromatic rings. The van der Waals surface area contributed by atoms with Gasteiger partial charge in [-0.1, -0.05) is 29.8 Å². The first kappa shape index (κ1) is 16.4. The predicted octanol–water partition coefficient (Wildman–Crippen LogP) is 2.56. The van der Waals surface area contributed by atoms with Crippen LogP contribution in [-0.2, 0) is 20.1 Å². The highest BCUT2D eigenvalue weighted by molar-refractivity contribution is 6.31. The molecule has 0 amide bonds. The molecule has 0 aliphatic carbocycles. The molecular weight excluding hydrogens is 298 g/mol. The number of nitrogens with one attached hydrogen (secondary N) is 2. The average Bonchev–Trinajstić information content (AvgIpc) is 2.74. The molecule has 1 heterocycles. The number of halogens is 1. The van der Waals surface area contributed by atoms with Crippen LogP contribution in [-0.4, -0.2) is 22.8 Å². The summed E-state index contributed by atoms with van der Waals surface area (Å²) in [6, 6.07) is 7.78. The van der Waals surface area contributed by atoms with Gasteiger partial charge in [0.25, 0.3) is 0 Å². The molecule has 0 atom stereocenters. The minimum atomic E-state index is 0.629. The predicted molar refractivity (Wildman–Crippen MR) is 91.2 cm³/mol. The second-order valence-corrected chi connectivity index (χ2v) is 5.55. The largest absolute Gasteiger partial charge is 0.352 e. The molecule has 0 unspecified atom stereocenters. The van der Waals surface area contributed by atoms with Crippen molar-refractivity contribution in [2.45, 2.75) is 26.9 Å². The normalized spacial score (nSPS) is 11.6. The number of nitrogens with zero attached hydrogens (tertiary/aromatic N) is 3. The Balaban J connectivity index is 1.95. The molecule has 0 saturated carbocycles. The summed E-state index contributed by atoms with van der Waals surface area (Å²) in [4.78, 5) is 4.24. The van der Waals surface area contributed by atoms with Crippen LogP contribution >= 0.6 is 11.6 Å². The molecule has 0 aliphatic rings. The minimum Gasteiger partial charge on any atom is -0.352 e. The van der Waals surface area contributed by atoms with Crippen LogP contribution < -0.4 is 10.6 Å². The third-order valence-electron chi connectivity index (χ3n) is 3.72. The van der Waals surface area contributed by atoms with E-state index in [2.05, 4.69) is 27.6 Å². The van der Waals surface area contributed by atoms with Gasteiger partial charge in [0.05, 0.1) is 5.69 Å². The molecule has 0 aliphatic heterocycles. The Kier molecular flexibility index (Phi) is 5.44. The summed E-state index contributed by atoms with van der Waals surface area (Å²) in [7, 11) is 3.71. The number of rotatable bonds is 4. The van der Waals surface area contributed by atoms with Gasteiger partial charge in [0.1, 0.15) is 0 Å². The number of guanidine groups is 1.